The molecule has 11 heteroatoms. The van der Waals surface area contributed by atoms with E-state index < -0.39 is 38.3 Å². The van der Waals surface area contributed by atoms with Crippen molar-refractivity contribution in [1.82, 2.24) is 14.5 Å². The summed E-state index contributed by atoms with van der Waals surface area (Å²) in [6, 6.07) is 9.37. The maximum Gasteiger partial charge on any atom is 0.416 e. The van der Waals surface area contributed by atoms with Crippen LogP contribution < -0.4 is 10.3 Å². The van der Waals surface area contributed by atoms with E-state index in [0.29, 0.717) is 11.8 Å². The standard InChI is InChI=1S/C18H16F3N3O3S2/c1-12(24-17(25)8-7-15(23-24)16-6-3-9-28-16)11-22-29(26,27)14-5-2-4-13(10-14)18(19,20)21/h2-10,12,22H,11H2,1H3. The van der Waals surface area contributed by atoms with Crippen molar-refractivity contribution in [3.05, 3.63) is 69.8 Å². The number of nitrogens with one attached hydrogen (secondary N) is 1. The summed E-state index contributed by atoms with van der Waals surface area (Å²) in [7, 11) is -4.20. The SMILES string of the molecule is CC(CNS(=O)(=O)c1cccc(C(F)(F)F)c1)n1nc(-c2cccs2)ccc1=O. The van der Waals surface area contributed by atoms with Crippen LogP contribution in [0.3, 0.4) is 0 Å². The maximum atomic E-state index is 12.8. The molecule has 6 nitrogen and oxygen atoms in total. The van der Waals surface area contributed by atoms with E-state index in [1.807, 2.05) is 17.5 Å². The van der Waals surface area contributed by atoms with Crippen molar-refractivity contribution < 1.29 is 21.6 Å². The molecule has 154 valence electrons. The summed E-state index contributed by atoms with van der Waals surface area (Å²) in [5, 5.41) is 6.13. The molecule has 0 saturated carbocycles. The number of benzene rings is 1. The molecule has 0 aliphatic rings. The number of nitrogens with zero attached hydrogens (tertiary/aromatic N) is 2. The normalized spacial score (nSPS) is 13.4. The van der Waals surface area contributed by atoms with E-state index in [4.69, 9.17) is 0 Å². The van der Waals surface area contributed by atoms with E-state index in [9.17, 15) is 26.4 Å². The van der Waals surface area contributed by atoms with Crippen LogP contribution in [0.5, 0.6) is 0 Å². The van der Waals surface area contributed by atoms with Crippen molar-refractivity contribution in [1.29, 1.82) is 0 Å². The zero-order valence-corrected chi connectivity index (χ0v) is 16.7. The molecule has 3 aromatic rings. The van der Waals surface area contributed by atoms with Crippen LogP contribution in [0.15, 0.2) is 63.6 Å². The Bertz CT molecular complexity index is 1160. The van der Waals surface area contributed by atoms with Gasteiger partial charge >= 0.3 is 6.18 Å². The van der Waals surface area contributed by atoms with E-state index in [2.05, 4.69) is 9.82 Å². The molecule has 2 heterocycles. The second-order valence-electron chi connectivity index (χ2n) is 6.21. The van der Waals surface area contributed by atoms with Crippen LogP contribution in [0.25, 0.3) is 10.6 Å². The lowest BCUT2D eigenvalue weighted by Crippen LogP contribution is -2.35. The quantitative estimate of drug-likeness (QED) is 0.632. The molecule has 0 aliphatic heterocycles. The third kappa shape index (κ3) is 4.92. The molecule has 1 N–H and O–H groups in total. The first kappa shape index (κ1) is 21.2. The van der Waals surface area contributed by atoms with Crippen molar-refractivity contribution in [3.63, 3.8) is 0 Å². The highest BCUT2D eigenvalue weighted by molar-refractivity contribution is 7.89. The Kier molecular flexibility index (Phi) is 5.92. The predicted octanol–water partition coefficient (Wildman–Crippen LogP) is 3.53. The number of thiophene rings is 1. The van der Waals surface area contributed by atoms with Crippen LogP contribution in [-0.2, 0) is 16.2 Å². The van der Waals surface area contributed by atoms with Crippen LogP contribution >= 0.6 is 11.3 Å². The van der Waals surface area contributed by atoms with E-state index in [1.165, 1.54) is 17.4 Å². The van der Waals surface area contributed by atoms with Crippen molar-refractivity contribution in [2.24, 2.45) is 0 Å². The topological polar surface area (TPSA) is 81.1 Å². The minimum atomic E-state index is -4.65. The monoisotopic (exact) mass is 443 g/mol. The predicted molar refractivity (Wildman–Crippen MR) is 103 cm³/mol. The summed E-state index contributed by atoms with van der Waals surface area (Å²) in [5.41, 5.74) is -0.918. The molecular weight excluding hydrogens is 427 g/mol. The minimum absolute atomic E-state index is 0.223. The lowest BCUT2D eigenvalue weighted by molar-refractivity contribution is -0.137. The highest BCUT2D eigenvalue weighted by Crippen LogP contribution is 2.30. The van der Waals surface area contributed by atoms with Gasteiger partial charge in [0.15, 0.2) is 0 Å². The average Bonchev–Trinajstić information content (AvgIpc) is 3.21. The third-order valence-corrected chi connectivity index (χ3v) is 6.37. The first-order valence-electron chi connectivity index (χ1n) is 8.38. The molecule has 0 amide bonds. The second kappa shape index (κ2) is 8.09. The lowest BCUT2D eigenvalue weighted by Gasteiger charge is -2.16. The van der Waals surface area contributed by atoms with Crippen LogP contribution in [0, 0.1) is 0 Å². The molecule has 2 aromatic heterocycles. The van der Waals surface area contributed by atoms with Gasteiger partial charge in [-0.3, -0.25) is 4.79 Å². The zero-order chi connectivity index (χ0) is 21.2. The Morgan fingerprint density at radius 3 is 2.59 bits per heavy atom. The summed E-state index contributed by atoms with van der Waals surface area (Å²) < 4.78 is 66.7. The molecule has 29 heavy (non-hydrogen) atoms. The van der Waals surface area contributed by atoms with Gasteiger partial charge in [0, 0.05) is 12.6 Å². The van der Waals surface area contributed by atoms with Gasteiger partial charge in [0.25, 0.3) is 5.56 Å². The number of hydrogen-bond acceptors (Lipinski definition) is 5. The van der Waals surface area contributed by atoms with Gasteiger partial charge in [-0.1, -0.05) is 12.1 Å². The lowest BCUT2D eigenvalue weighted by atomic mass is 10.2. The molecule has 1 aromatic carbocycles. The molecule has 0 saturated heterocycles. The van der Waals surface area contributed by atoms with Crippen molar-refractivity contribution in [2.75, 3.05) is 6.54 Å². The Morgan fingerprint density at radius 1 is 1.17 bits per heavy atom. The summed E-state index contributed by atoms with van der Waals surface area (Å²) in [6.07, 6.45) is -4.65. The number of rotatable bonds is 6. The van der Waals surface area contributed by atoms with E-state index >= 15 is 0 Å². The fourth-order valence-electron chi connectivity index (χ4n) is 2.54. The minimum Gasteiger partial charge on any atom is -0.268 e. The number of halogens is 3. The number of hydrogen-bond donors (Lipinski definition) is 1. The van der Waals surface area contributed by atoms with E-state index in [1.54, 1.807) is 13.0 Å². The molecule has 0 fully saturated rings. The largest absolute Gasteiger partial charge is 0.416 e. The first-order chi connectivity index (χ1) is 13.6. The molecule has 0 radical (unpaired) electrons. The van der Waals surface area contributed by atoms with Gasteiger partial charge in [0.2, 0.25) is 10.0 Å². The van der Waals surface area contributed by atoms with E-state index in [-0.39, 0.29) is 6.54 Å². The maximum absolute atomic E-state index is 12.8. The molecule has 0 aliphatic carbocycles. The van der Waals surface area contributed by atoms with Crippen LogP contribution in [0.1, 0.15) is 18.5 Å². The van der Waals surface area contributed by atoms with Gasteiger partial charge in [-0.2, -0.15) is 18.3 Å². The van der Waals surface area contributed by atoms with Gasteiger partial charge in [0.1, 0.15) is 5.69 Å². The fraction of sp³-hybridized carbons (Fsp3) is 0.222. The van der Waals surface area contributed by atoms with E-state index in [0.717, 1.165) is 27.8 Å². The van der Waals surface area contributed by atoms with Gasteiger partial charge in [-0.25, -0.2) is 17.8 Å². The second-order valence-corrected chi connectivity index (χ2v) is 8.92. The summed E-state index contributed by atoms with van der Waals surface area (Å²) >= 11 is 1.44. The first-order valence-corrected chi connectivity index (χ1v) is 10.7. The summed E-state index contributed by atoms with van der Waals surface area (Å²) in [6.45, 7) is 1.36. The van der Waals surface area contributed by atoms with Crippen molar-refractivity contribution in [3.8, 4) is 10.6 Å². The molecular formula is C18H16F3N3O3S2. The van der Waals surface area contributed by atoms with Gasteiger partial charge in [-0.15, -0.1) is 11.3 Å². The Balaban J connectivity index is 1.79. The Hall–Kier alpha value is -2.50. The van der Waals surface area contributed by atoms with Crippen LogP contribution in [0.2, 0.25) is 0 Å². The average molecular weight is 443 g/mol. The number of alkyl halides is 3. The van der Waals surface area contributed by atoms with Gasteiger partial charge in [0.05, 0.1) is 21.4 Å². The van der Waals surface area contributed by atoms with Crippen molar-refractivity contribution >= 4 is 21.4 Å². The third-order valence-electron chi connectivity index (χ3n) is 4.06. The van der Waals surface area contributed by atoms with Crippen molar-refractivity contribution in [2.45, 2.75) is 24.0 Å². The number of sulfonamides is 1. The number of aromatic nitrogens is 2. The summed E-state index contributed by atoms with van der Waals surface area (Å²) in [5.74, 6) is 0. The molecule has 0 spiro atoms. The highest BCUT2D eigenvalue weighted by Gasteiger charge is 2.31. The summed E-state index contributed by atoms with van der Waals surface area (Å²) in [4.78, 5) is 12.5. The Labute approximate surface area is 168 Å². The van der Waals surface area contributed by atoms with Gasteiger partial charge in [-0.05, 0) is 42.6 Å². The molecule has 1 unspecified atom stereocenters. The Morgan fingerprint density at radius 2 is 1.93 bits per heavy atom. The fourth-order valence-corrected chi connectivity index (χ4v) is 4.39. The molecule has 1 atom stereocenters. The van der Waals surface area contributed by atoms with Crippen LogP contribution in [0.4, 0.5) is 13.2 Å². The van der Waals surface area contributed by atoms with Gasteiger partial charge < -0.3 is 0 Å². The highest BCUT2D eigenvalue weighted by atomic mass is 32.2. The molecule has 3 rings (SSSR count). The van der Waals surface area contributed by atoms with Crippen LogP contribution in [-0.4, -0.2) is 24.7 Å². The smallest absolute Gasteiger partial charge is 0.268 e. The molecule has 0 bridgehead atoms. The zero-order valence-electron chi connectivity index (χ0n) is 15.1.